The SMILES string of the molecule is CC1C(CO)CC(=O)N1CCCN(C)C. The Kier molecular flexibility index (Phi) is 4.54. The quantitative estimate of drug-likeness (QED) is 0.709. The number of hydrogen-bond donors (Lipinski definition) is 1. The lowest BCUT2D eigenvalue weighted by Crippen LogP contribution is -2.35. The summed E-state index contributed by atoms with van der Waals surface area (Å²) in [5, 5.41) is 9.10. The second-order valence-electron chi connectivity index (χ2n) is 4.63. The summed E-state index contributed by atoms with van der Waals surface area (Å²) in [4.78, 5) is 15.7. The lowest BCUT2D eigenvalue weighted by molar-refractivity contribution is -0.128. The van der Waals surface area contributed by atoms with Crippen LogP contribution in [0, 0.1) is 5.92 Å². The fraction of sp³-hybridized carbons (Fsp3) is 0.909. The van der Waals surface area contributed by atoms with Gasteiger partial charge < -0.3 is 14.9 Å². The number of hydrogen-bond acceptors (Lipinski definition) is 3. The summed E-state index contributed by atoms with van der Waals surface area (Å²) in [5.74, 6) is 0.331. The molecule has 2 unspecified atom stereocenters. The molecule has 88 valence electrons. The van der Waals surface area contributed by atoms with Gasteiger partial charge in [0.25, 0.3) is 0 Å². The van der Waals surface area contributed by atoms with Crippen molar-refractivity contribution in [3.8, 4) is 0 Å². The maximum absolute atomic E-state index is 11.6. The van der Waals surface area contributed by atoms with E-state index in [2.05, 4.69) is 4.90 Å². The molecule has 0 spiro atoms. The number of carbonyl (C=O) groups excluding carboxylic acids is 1. The van der Waals surface area contributed by atoms with Gasteiger partial charge in [0, 0.05) is 31.5 Å². The Morgan fingerprint density at radius 3 is 2.67 bits per heavy atom. The third-order valence-electron chi connectivity index (χ3n) is 3.17. The van der Waals surface area contributed by atoms with E-state index in [9.17, 15) is 4.79 Å². The van der Waals surface area contributed by atoms with Gasteiger partial charge in [-0.2, -0.15) is 0 Å². The molecule has 0 bridgehead atoms. The van der Waals surface area contributed by atoms with Crippen molar-refractivity contribution in [2.75, 3.05) is 33.8 Å². The number of amides is 1. The van der Waals surface area contributed by atoms with Gasteiger partial charge in [0.1, 0.15) is 0 Å². The fourth-order valence-electron chi connectivity index (χ4n) is 2.10. The molecule has 0 aliphatic carbocycles. The van der Waals surface area contributed by atoms with Crippen molar-refractivity contribution in [3.05, 3.63) is 0 Å². The van der Waals surface area contributed by atoms with E-state index >= 15 is 0 Å². The van der Waals surface area contributed by atoms with Gasteiger partial charge in [0.05, 0.1) is 0 Å². The Morgan fingerprint density at radius 2 is 2.20 bits per heavy atom. The van der Waals surface area contributed by atoms with Crippen LogP contribution in [-0.2, 0) is 4.79 Å². The second-order valence-corrected chi connectivity index (χ2v) is 4.63. The molecule has 1 heterocycles. The van der Waals surface area contributed by atoms with Crippen LogP contribution in [0.1, 0.15) is 19.8 Å². The van der Waals surface area contributed by atoms with Crippen molar-refractivity contribution in [2.24, 2.45) is 5.92 Å². The monoisotopic (exact) mass is 214 g/mol. The molecule has 1 aliphatic rings. The zero-order chi connectivity index (χ0) is 11.4. The van der Waals surface area contributed by atoms with Crippen LogP contribution in [-0.4, -0.2) is 60.6 Å². The van der Waals surface area contributed by atoms with Crippen LogP contribution in [0.4, 0.5) is 0 Å². The van der Waals surface area contributed by atoms with E-state index in [0.29, 0.717) is 6.42 Å². The van der Waals surface area contributed by atoms with E-state index in [-0.39, 0.29) is 24.5 Å². The fourth-order valence-corrected chi connectivity index (χ4v) is 2.10. The van der Waals surface area contributed by atoms with Gasteiger partial charge in [-0.05, 0) is 34.0 Å². The maximum Gasteiger partial charge on any atom is 0.223 e. The third kappa shape index (κ3) is 3.18. The van der Waals surface area contributed by atoms with Gasteiger partial charge >= 0.3 is 0 Å². The van der Waals surface area contributed by atoms with E-state index in [1.165, 1.54) is 0 Å². The molecule has 1 aliphatic heterocycles. The highest BCUT2D eigenvalue weighted by molar-refractivity contribution is 5.79. The van der Waals surface area contributed by atoms with Gasteiger partial charge in [0.15, 0.2) is 0 Å². The van der Waals surface area contributed by atoms with E-state index in [4.69, 9.17) is 5.11 Å². The molecule has 1 saturated heterocycles. The van der Waals surface area contributed by atoms with Crippen LogP contribution in [0.2, 0.25) is 0 Å². The first-order chi connectivity index (χ1) is 7.06. The number of nitrogens with zero attached hydrogens (tertiary/aromatic N) is 2. The first-order valence-corrected chi connectivity index (χ1v) is 5.61. The van der Waals surface area contributed by atoms with Crippen molar-refractivity contribution in [2.45, 2.75) is 25.8 Å². The summed E-state index contributed by atoms with van der Waals surface area (Å²) in [6, 6.07) is 0.199. The molecule has 1 amide bonds. The minimum absolute atomic E-state index is 0.122. The van der Waals surface area contributed by atoms with Crippen molar-refractivity contribution in [1.29, 1.82) is 0 Å². The smallest absolute Gasteiger partial charge is 0.223 e. The van der Waals surface area contributed by atoms with E-state index < -0.39 is 0 Å². The second kappa shape index (κ2) is 5.47. The standard InChI is InChI=1S/C11H22N2O2/c1-9-10(8-14)7-11(15)13(9)6-4-5-12(2)3/h9-10,14H,4-8H2,1-3H3. The molecular formula is C11H22N2O2. The Labute approximate surface area is 91.9 Å². The Hall–Kier alpha value is -0.610. The van der Waals surface area contributed by atoms with Crippen molar-refractivity contribution in [1.82, 2.24) is 9.80 Å². The highest BCUT2D eigenvalue weighted by Crippen LogP contribution is 2.24. The van der Waals surface area contributed by atoms with Gasteiger partial charge in [-0.25, -0.2) is 0 Å². The Balaban J connectivity index is 2.37. The van der Waals surface area contributed by atoms with Crippen LogP contribution in [0.25, 0.3) is 0 Å². The lowest BCUT2D eigenvalue weighted by Gasteiger charge is -2.24. The minimum Gasteiger partial charge on any atom is -0.396 e. The molecule has 0 radical (unpaired) electrons. The van der Waals surface area contributed by atoms with Gasteiger partial charge in [-0.1, -0.05) is 0 Å². The minimum atomic E-state index is 0.122. The Bertz CT molecular complexity index is 219. The van der Waals surface area contributed by atoms with E-state index in [0.717, 1.165) is 19.5 Å². The summed E-state index contributed by atoms with van der Waals surface area (Å²) in [6.07, 6.45) is 1.51. The molecule has 4 heteroatoms. The first kappa shape index (κ1) is 12.5. The predicted octanol–water partition coefficient (Wildman–Crippen LogP) is 0.167. The first-order valence-electron chi connectivity index (χ1n) is 5.61. The molecule has 15 heavy (non-hydrogen) atoms. The number of aliphatic hydroxyl groups excluding tert-OH is 1. The average molecular weight is 214 g/mol. The molecule has 2 atom stereocenters. The summed E-state index contributed by atoms with van der Waals surface area (Å²) < 4.78 is 0. The summed E-state index contributed by atoms with van der Waals surface area (Å²) in [7, 11) is 4.07. The molecule has 1 N–H and O–H groups in total. The molecule has 0 aromatic carbocycles. The topological polar surface area (TPSA) is 43.8 Å². The molecule has 1 fully saturated rings. The van der Waals surface area contributed by atoms with Gasteiger partial charge in [-0.15, -0.1) is 0 Å². The van der Waals surface area contributed by atoms with Crippen LogP contribution in [0.15, 0.2) is 0 Å². The third-order valence-corrected chi connectivity index (χ3v) is 3.17. The van der Waals surface area contributed by atoms with Crippen molar-refractivity contribution >= 4 is 5.91 Å². The predicted molar refractivity (Wildman–Crippen MR) is 59.5 cm³/mol. The van der Waals surface area contributed by atoms with E-state index in [1.807, 2.05) is 25.9 Å². The average Bonchev–Trinajstić information content (AvgIpc) is 2.44. The van der Waals surface area contributed by atoms with Crippen LogP contribution >= 0.6 is 0 Å². The molecule has 4 nitrogen and oxygen atoms in total. The summed E-state index contributed by atoms with van der Waals surface area (Å²) in [6.45, 7) is 3.97. The zero-order valence-electron chi connectivity index (χ0n) is 9.94. The number of rotatable bonds is 5. The van der Waals surface area contributed by atoms with Gasteiger partial charge in [0.2, 0.25) is 5.91 Å². The van der Waals surface area contributed by atoms with Gasteiger partial charge in [-0.3, -0.25) is 4.79 Å². The number of carbonyl (C=O) groups is 1. The highest BCUT2D eigenvalue weighted by atomic mass is 16.3. The summed E-state index contributed by atoms with van der Waals surface area (Å²) >= 11 is 0. The molecule has 0 aromatic rings. The molecular weight excluding hydrogens is 192 g/mol. The van der Waals surface area contributed by atoms with E-state index in [1.54, 1.807) is 0 Å². The molecule has 0 saturated carbocycles. The summed E-state index contributed by atoms with van der Waals surface area (Å²) in [5.41, 5.74) is 0. The molecule has 0 aromatic heterocycles. The van der Waals surface area contributed by atoms with Crippen LogP contribution in [0.3, 0.4) is 0 Å². The zero-order valence-corrected chi connectivity index (χ0v) is 9.94. The highest BCUT2D eigenvalue weighted by Gasteiger charge is 2.35. The van der Waals surface area contributed by atoms with Crippen molar-refractivity contribution in [3.63, 3.8) is 0 Å². The van der Waals surface area contributed by atoms with Crippen LogP contribution in [0.5, 0.6) is 0 Å². The lowest BCUT2D eigenvalue weighted by atomic mass is 10.0. The van der Waals surface area contributed by atoms with Crippen molar-refractivity contribution < 1.29 is 9.90 Å². The largest absolute Gasteiger partial charge is 0.396 e. The normalized spacial score (nSPS) is 26.7. The molecule has 1 rings (SSSR count). The number of likely N-dealkylation sites (tertiary alicyclic amines) is 1. The maximum atomic E-state index is 11.6. The number of aliphatic hydroxyl groups is 1. The van der Waals surface area contributed by atoms with Crippen LogP contribution < -0.4 is 0 Å². The Morgan fingerprint density at radius 1 is 1.53 bits per heavy atom.